The summed E-state index contributed by atoms with van der Waals surface area (Å²) in [5.74, 6) is -0.204. The number of rotatable bonds is 3. The number of carbonyl (C=O) groups is 1. The number of aliphatic hydroxyl groups is 1. The molecule has 2 saturated heterocycles. The number of carbonyl (C=O) groups excluding carboxylic acids is 1. The molecule has 0 saturated carbocycles. The van der Waals surface area contributed by atoms with Crippen LogP contribution >= 0.6 is 0 Å². The Morgan fingerprint density at radius 3 is 2.38 bits per heavy atom. The molecule has 0 radical (unpaired) electrons. The van der Waals surface area contributed by atoms with Crippen molar-refractivity contribution in [2.75, 3.05) is 13.6 Å². The van der Waals surface area contributed by atoms with Crippen molar-refractivity contribution in [1.29, 1.82) is 0 Å². The van der Waals surface area contributed by atoms with E-state index in [0.29, 0.717) is 12.2 Å². The van der Waals surface area contributed by atoms with Gasteiger partial charge in [0.25, 0.3) is 5.91 Å². The number of hydrogen-bond acceptors (Lipinski definition) is 6. The number of aryl methyl sites for hydroxylation is 1. The molecule has 7 nitrogen and oxygen atoms in total. The molecule has 2 aromatic rings. The predicted octanol–water partition coefficient (Wildman–Crippen LogP) is 2.00. The third-order valence-electron chi connectivity index (χ3n) is 6.49. The fourth-order valence-electron chi connectivity index (χ4n) is 3.72. The lowest BCUT2D eigenvalue weighted by molar-refractivity contribution is -0.144. The largest absolute Gasteiger partial charge is 0.494 e. The van der Waals surface area contributed by atoms with Crippen molar-refractivity contribution in [3.8, 4) is 11.3 Å². The van der Waals surface area contributed by atoms with Gasteiger partial charge in [-0.1, -0.05) is 23.4 Å². The highest BCUT2D eigenvalue weighted by Crippen LogP contribution is 2.38. The van der Waals surface area contributed by atoms with E-state index in [9.17, 15) is 9.90 Å². The molecule has 1 amide bonds. The first kappa shape index (κ1) is 20.1. The number of benzene rings is 1. The van der Waals surface area contributed by atoms with Gasteiger partial charge in [0.2, 0.25) is 5.60 Å². The molecule has 2 fully saturated rings. The third-order valence-corrected chi connectivity index (χ3v) is 6.49. The first-order chi connectivity index (χ1) is 13.4. The fourth-order valence-corrected chi connectivity index (χ4v) is 3.72. The molecule has 2 aliphatic heterocycles. The maximum Gasteiger partial charge on any atom is 0.494 e. The van der Waals surface area contributed by atoms with Crippen molar-refractivity contribution in [2.24, 2.45) is 0 Å². The number of amides is 1. The van der Waals surface area contributed by atoms with Crippen molar-refractivity contribution in [1.82, 2.24) is 10.1 Å². The van der Waals surface area contributed by atoms with Gasteiger partial charge in [0.05, 0.1) is 11.2 Å². The Balaban J connectivity index is 1.67. The number of likely N-dealkylation sites (tertiary alicyclic amines) is 1. The highest BCUT2D eigenvalue weighted by molar-refractivity contribution is 6.62. The second-order valence-electron chi connectivity index (χ2n) is 9.08. The van der Waals surface area contributed by atoms with Crippen molar-refractivity contribution in [3.63, 3.8) is 0 Å². The van der Waals surface area contributed by atoms with Crippen LogP contribution in [0.2, 0.25) is 0 Å². The van der Waals surface area contributed by atoms with E-state index in [1.807, 2.05) is 52.8 Å². The van der Waals surface area contributed by atoms with E-state index in [0.717, 1.165) is 16.6 Å². The van der Waals surface area contributed by atoms with Crippen LogP contribution in [0.5, 0.6) is 0 Å². The van der Waals surface area contributed by atoms with Gasteiger partial charge < -0.3 is 23.8 Å². The molecule has 1 N–H and O–H groups in total. The van der Waals surface area contributed by atoms with E-state index in [-0.39, 0.29) is 18.1 Å². The normalized spacial score (nSPS) is 25.8. The number of aromatic nitrogens is 1. The summed E-state index contributed by atoms with van der Waals surface area (Å²) in [5, 5.41) is 14.9. The highest BCUT2D eigenvalue weighted by Gasteiger charge is 2.52. The number of hydrogen-bond donors (Lipinski definition) is 1. The zero-order valence-corrected chi connectivity index (χ0v) is 17.8. The first-order valence-electron chi connectivity index (χ1n) is 9.86. The van der Waals surface area contributed by atoms with Crippen molar-refractivity contribution in [3.05, 3.63) is 35.6 Å². The Morgan fingerprint density at radius 2 is 1.79 bits per heavy atom. The fraction of sp³-hybridized carbons (Fsp3) is 0.524. The maximum absolute atomic E-state index is 12.3. The summed E-state index contributed by atoms with van der Waals surface area (Å²) < 4.78 is 17.7. The van der Waals surface area contributed by atoms with Crippen LogP contribution in [-0.4, -0.2) is 53.0 Å². The third kappa shape index (κ3) is 3.10. The van der Waals surface area contributed by atoms with Gasteiger partial charge in [-0.15, -0.1) is 0 Å². The maximum atomic E-state index is 12.3. The summed E-state index contributed by atoms with van der Waals surface area (Å²) in [4.78, 5) is 13.8. The van der Waals surface area contributed by atoms with Gasteiger partial charge in [0, 0.05) is 31.6 Å². The van der Waals surface area contributed by atoms with Gasteiger partial charge in [0.15, 0.2) is 5.76 Å². The molecule has 3 heterocycles. The Bertz CT molecular complexity index is 954. The summed E-state index contributed by atoms with van der Waals surface area (Å²) in [6.45, 7) is 10.5. The summed E-state index contributed by atoms with van der Waals surface area (Å²) in [7, 11) is 1.18. The van der Waals surface area contributed by atoms with E-state index in [2.05, 4.69) is 5.16 Å². The molecular formula is C21H27BN2O5. The highest BCUT2D eigenvalue weighted by atomic mass is 16.7. The van der Waals surface area contributed by atoms with E-state index in [4.69, 9.17) is 13.8 Å². The lowest BCUT2D eigenvalue weighted by Gasteiger charge is -2.32. The van der Waals surface area contributed by atoms with Crippen molar-refractivity contribution >= 4 is 18.5 Å². The quantitative estimate of drug-likeness (QED) is 0.797. The molecule has 0 aliphatic carbocycles. The molecule has 1 aromatic carbocycles. The van der Waals surface area contributed by atoms with Crippen LogP contribution in [0.4, 0.5) is 0 Å². The van der Waals surface area contributed by atoms with Crippen LogP contribution < -0.4 is 5.46 Å². The molecule has 0 bridgehead atoms. The molecular weight excluding hydrogens is 371 g/mol. The average molecular weight is 398 g/mol. The molecule has 1 atom stereocenters. The standard InChI is InChI=1S/C21H27BN2O5/c1-13-7-8-14(22-28-19(2,3)20(4,5)29-22)11-15(13)16-12-17(27-23-16)21(26)9-10-24(6)18(21)25/h7-8,11-12,26H,9-10H2,1-6H3/t21-/m1/s1. The SMILES string of the molecule is Cc1ccc(B2OC(C)(C)C(C)(C)O2)cc1-c1cc([C@]2(O)CCN(C)C2=O)on1. The Hall–Kier alpha value is -2.16. The molecule has 1 aromatic heterocycles. The lowest BCUT2D eigenvalue weighted by atomic mass is 9.77. The van der Waals surface area contributed by atoms with Gasteiger partial charge in [-0.2, -0.15) is 0 Å². The Kier molecular flexibility index (Phi) is 4.46. The number of likely N-dealkylation sites (N-methyl/N-ethyl adjacent to an activating group) is 1. The van der Waals surface area contributed by atoms with Crippen LogP contribution in [0.25, 0.3) is 11.3 Å². The monoisotopic (exact) mass is 398 g/mol. The predicted molar refractivity (Wildman–Crippen MR) is 109 cm³/mol. The second kappa shape index (κ2) is 6.42. The van der Waals surface area contributed by atoms with Gasteiger partial charge in [-0.25, -0.2) is 0 Å². The van der Waals surface area contributed by atoms with Crippen molar-refractivity contribution < 1.29 is 23.7 Å². The molecule has 8 heteroatoms. The molecule has 29 heavy (non-hydrogen) atoms. The molecule has 2 aliphatic rings. The average Bonchev–Trinajstić information content (AvgIpc) is 3.29. The van der Waals surface area contributed by atoms with Crippen LogP contribution in [0.3, 0.4) is 0 Å². The Labute approximate surface area is 171 Å². The minimum Gasteiger partial charge on any atom is -0.399 e. The first-order valence-corrected chi connectivity index (χ1v) is 9.86. The summed E-state index contributed by atoms with van der Waals surface area (Å²) >= 11 is 0. The van der Waals surface area contributed by atoms with E-state index >= 15 is 0 Å². The van der Waals surface area contributed by atoms with E-state index in [1.54, 1.807) is 13.1 Å². The topological polar surface area (TPSA) is 85.0 Å². The van der Waals surface area contributed by atoms with Gasteiger partial charge >= 0.3 is 7.12 Å². The zero-order valence-electron chi connectivity index (χ0n) is 17.8. The summed E-state index contributed by atoms with van der Waals surface area (Å²) in [6.07, 6.45) is 0.282. The van der Waals surface area contributed by atoms with Crippen LogP contribution in [0.1, 0.15) is 45.4 Å². The lowest BCUT2D eigenvalue weighted by Crippen LogP contribution is -2.41. The second-order valence-corrected chi connectivity index (χ2v) is 9.08. The molecule has 154 valence electrons. The minimum atomic E-state index is -1.66. The molecule has 0 unspecified atom stereocenters. The van der Waals surface area contributed by atoms with E-state index in [1.165, 1.54) is 4.90 Å². The Morgan fingerprint density at radius 1 is 1.14 bits per heavy atom. The van der Waals surface area contributed by atoms with Crippen LogP contribution in [0.15, 0.2) is 28.8 Å². The number of nitrogens with zero attached hydrogens (tertiary/aromatic N) is 2. The zero-order chi connectivity index (χ0) is 21.2. The van der Waals surface area contributed by atoms with Gasteiger partial charge in [-0.3, -0.25) is 4.79 Å². The van der Waals surface area contributed by atoms with E-state index < -0.39 is 23.9 Å². The van der Waals surface area contributed by atoms with Gasteiger partial charge in [-0.05, 0) is 45.6 Å². The van der Waals surface area contributed by atoms with Crippen LogP contribution in [0, 0.1) is 6.92 Å². The van der Waals surface area contributed by atoms with Crippen LogP contribution in [-0.2, 0) is 19.7 Å². The minimum absolute atomic E-state index is 0.169. The summed E-state index contributed by atoms with van der Waals surface area (Å²) in [6, 6.07) is 7.57. The molecule has 0 spiro atoms. The van der Waals surface area contributed by atoms with Crippen molar-refractivity contribution in [2.45, 2.75) is 57.8 Å². The van der Waals surface area contributed by atoms with Gasteiger partial charge in [0.1, 0.15) is 5.69 Å². The molecule has 4 rings (SSSR count). The smallest absolute Gasteiger partial charge is 0.399 e. The summed E-state index contributed by atoms with van der Waals surface area (Å²) in [5.41, 5.74) is 0.763.